The van der Waals surface area contributed by atoms with Crippen molar-refractivity contribution in [3.63, 3.8) is 0 Å². The average molecular weight is 387 g/mol. The largest absolute Gasteiger partial charge is 0.493 e. The van der Waals surface area contributed by atoms with E-state index < -0.39 is 6.10 Å². The predicted molar refractivity (Wildman–Crippen MR) is 109 cm³/mol. The highest BCUT2D eigenvalue weighted by Gasteiger charge is 2.30. The van der Waals surface area contributed by atoms with Gasteiger partial charge in [-0.2, -0.15) is 0 Å². The van der Waals surface area contributed by atoms with Crippen molar-refractivity contribution in [2.75, 3.05) is 6.61 Å². The quantitative estimate of drug-likeness (QED) is 0.565. The zero-order valence-corrected chi connectivity index (χ0v) is 15.8. The van der Waals surface area contributed by atoms with Gasteiger partial charge < -0.3 is 19.1 Å². The van der Waals surface area contributed by atoms with Gasteiger partial charge in [-0.25, -0.2) is 9.97 Å². The summed E-state index contributed by atoms with van der Waals surface area (Å²) in [6.45, 7) is 1.47. The first kappa shape index (κ1) is 17.7. The third kappa shape index (κ3) is 3.67. The molecule has 146 valence electrons. The van der Waals surface area contributed by atoms with Crippen molar-refractivity contribution in [3.05, 3.63) is 84.6 Å². The van der Waals surface area contributed by atoms with E-state index in [9.17, 15) is 5.11 Å². The van der Waals surface area contributed by atoms with Crippen LogP contribution in [0.15, 0.2) is 73.3 Å². The molecular weight excluding hydrogens is 366 g/mol. The Labute approximate surface area is 168 Å². The summed E-state index contributed by atoms with van der Waals surface area (Å²) in [5.41, 5.74) is 2.56. The van der Waals surface area contributed by atoms with Gasteiger partial charge in [0.15, 0.2) is 0 Å². The van der Waals surface area contributed by atoms with E-state index in [0.717, 1.165) is 22.2 Å². The minimum Gasteiger partial charge on any atom is -0.493 e. The van der Waals surface area contributed by atoms with E-state index in [2.05, 4.69) is 9.97 Å². The summed E-state index contributed by atoms with van der Waals surface area (Å²) in [6, 6.07) is 17.6. The molecule has 1 N–H and O–H groups in total. The number of rotatable bonds is 5. The SMILES string of the molecule is O[C@H]1c2cc(OCc3ccc4ccccc4n3)ccc2OC[C@@H]1Cn1ccnc1. The molecule has 0 fully saturated rings. The summed E-state index contributed by atoms with van der Waals surface area (Å²) in [5.74, 6) is 1.34. The van der Waals surface area contributed by atoms with Crippen LogP contribution < -0.4 is 9.47 Å². The first-order valence-electron chi connectivity index (χ1n) is 9.64. The number of fused-ring (bicyclic) bond motifs is 2. The molecule has 6 nitrogen and oxygen atoms in total. The standard InChI is InChI=1S/C23H21N3O3/c27-23-17(12-26-10-9-24-15-26)13-29-22-8-7-19(11-20(22)23)28-14-18-6-5-16-3-1-2-4-21(16)25-18/h1-11,15,17,23,27H,12-14H2/t17-,23+/m0/s1. The van der Waals surface area contributed by atoms with E-state index in [-0.39, 0.29) is 5.92 Å². The van der Waals surface area contributed by atoms with Crippen molar-refractivity contribution >= 4 is 10.9 Å². The first-order chi connectivity index (χ1) is 14.3. The van der Waals surface area contributed by atoms with Gasteiger partial charge in [-0.05, 0) is 30.3 Å². The van der Waals surface area contributed by atoms with Crippen LogP contribution in [-0.2, 0) is 13.2 Å². The molecule has 0 aliphatic carbocycles. The minimum absolute atomic E-state index is 0.0471. The molecule has 0 radical (unpaired) electrons. The molecule has 2 aromatic heterocycles. The fourth-order valence-corrected chi connectivity index (χ4v) is 3.68. The first-order valence-corrected chi connectivity index (χ1v) is 9.64. The predicted octanol–water partition coefficient (Wildman–Crippen LogP) is 3.75. The van der Waals surface area contributed by atoms with Crippen LogP contribution in [0.5, 0.6) is 11.5 Å². The number of para-hydroxylation sites is 1. The number of hydrogen-bond donors (Lipinski definition) is 1. The van der Waals surface area contributed by atoms with Crippen LogP contribution in [0.25, 0.3) is 10.9 Å². The topological polar surface area (TPSA) is 69.4 Å². The van der Waals surface area contributed by atoms with Gasteiger partial charge in [-0.15, -0.1) is 0 Å². The Morgan fingerprint density at radius 2 is 2.07 bits per heavy atom. The van der Waals surface area contributed by atoms with Gasteiger partial charge in [0.05, 0.1) is 30.2 Å². The van der Waals surface area contributed by atoms with Crippen molar-refractivity contribution in [2.45, 2.75) is 19.3 Å². The number of benzene rings is 2. The van der Waals surface area contributed by atoms with Gasteiger partial charge >= 0.3 is 0 Å². The number of aliphatic hydroxyl groups is 1. The lowest BCUT2D eigenvalue weighted by Crippen LogP contribution is -2.29. The Hall–Kier alpha value is -3.38. The lowest BCUT2D eigenvalue weighted by molar-refractivity contribution is 0.0411. The van der Waals surface area contributed by atoms with E-state index in [4.69, 9.17) is 9.47 Å². The molecule has 3 heterocycles. The Morgan fingerprint density at radius 1 is 1.14 bits per heavy atom. The maximum absolute atomic E-state index is 10.9. The number of aliphatic hydroxyl groups excluding tert-OH is 1. The zero-order valence-electron chi connectivity index (χ0n) is 15.8. The fourth-order valence-electron chi connectivity index (χ4n) is 3.68. The summed E-state index contributed by atoms with van der Waals surface area (Å²) in [7, 11) is 0. The Balaban J connectivity index is 1.31. The molecule has 29 heavy (non-hydrogen) atoms. The highest BCUT2D eigenvalue weighted by Crippen LogP contribution is 2.38. The van der Waals surface area contributed by atoms with Gasteiger partial charge in [0.2, 0.25) is 0 Å². The van der Waals surface area contributed by atoms with Gasteiger partial charge in [0.25, 0.3) is 0 Å². The van der Waals surface area contributed by atoms with Crippen LogP contribution >= 0.6 is 0 Å². The second kappa shape index (κ2) is 7.56. The number of imidazole rings is 1. The molecule has 1 aliphatic heterocycles. The third-order valence-corrected chi connectivity index (χ3v) is 5.25. The number of hydrogen-bond acceptors (Lipinski definition) is 5. The average Bonchev–Trinajstić information content (AvgIpc) is 3.27. The van der Waals surface area contributed by atoms with Gasteiger partial charge in [0.1, 0.15) is 18.1 Å². The second-order valence-corrected chi connectivity index (χ2v) is 7.26. The van der Waals surface area contributed by atoms with Crippen LogP contribution in [0.4, 0.5) is 0 Å². The smallest absolute Gasteiger partial charge is 0.130 e. The third-order valence-electron chi connectivity index (χ3n) is 5.25. The summed E-state index contributed by atoms with van der Waals surface area (Å²) in [5, 5.41) is 12.0. The molecule has 6 heteroatoms. The summed E-state index contributed by atoms with van der Waals surface area (Å²) in [6.07, 6.45) is 4.75. The van der Waals surface area contributed by atoms with Crippen LogP contribution in [0.2, 0.25) is 0 Å². The number of ether oxygens (including phenoxy) is 2. The molecule has 0 amide bonds. The molecule has 0 bridgehead atoms. The van der Waals surface area contributed by atoms with E-state index in [1.807, 2.05) is 65.4 Å². The number of pyridine rings is 1. The molecule has 0 saturated carbocycles. The minimum atomic E-state index is -0.622. The zero-order chi connectivity index (χ0) is 19.6. The maximum Gasteiger partial charge on any atom is 0.130 e. The van der Waals surface area contributed by atoms with Crippen LogP contribution in [0.1, 0.15) is 17.4 Å². The van der Waals surface area contributed by atoms with Crippen molar-refractivity contribution in [3.8, 4) is 11.5 Å². The van der Waals surface area contributed by atoms with E-state index in [0.29, 0.717) is 31.3 Å². The molecule has 1 aliphatic rings. The number of nitrogens with zero attached hydrogens (tertiary/aromatic N) is 3. The molecular formula is C23H21N3O3. The Morgan fingerprint density at radius 3 is 2.97 bits per heavy atom. The van der Waals surface area contributed by atoms with Crippen molar-refractivity contribution in [2.24, 2.45) is 5.92 Å². The summed E-state index contributed by atoms with van der Waals surface area (Å²) >= 11 is 0. The highest BCUT2D eigenvalue weighted by molar-refractivity contribution is 5.78. The molecule has 2 atom stereocenters. The molecule has 5 rings (SSSR count). The van der Waals surface area contributed by atoms with E-state index in [1.54, 1.807) is 12.5 Å². The second-order valence-electron chi connectivity index (χ2n) is 7.26. The molecule has 0 spiro atoms. The van der Waals surface area contributed by atoms with Crippen LogP contribution in [0, 0.1) is 5.92 Å². The Kier molecular flexibility index (Phi) is 4.62. The lowest BCUT2D eigenvalue weighted by atomic mass is 9.93. The van der Waals surface area contributed by atoms with Gasteiger partial charge in [-0.1, -0.05) is 24.3 Å². The van der Waals surface area contributed by atoms with Crippen molar-refractivity contribution < 1.29 is 14.6 Å². The van der Waals surface area contributed by atoms with Gasteiger partial charge in [0, 0.05) is 35.8 Å². The summed E-state index contributed by atoms with van der Waals surface area (Å²) < 4.78 is 13.8. The van der Waals surface area contributed by atoms with Crippen molar-refractivity contribution in [1.29, 1.82) is 0 Å². The normalized spacial score (nSPS) is 18.2. The highest BCUT2D eigenvalue weighted by atomic mass is 16.5. The molecule has 4 aromatic rings. The Bertz CT molecular complexity index is 1130. The molecule has 2 aromatic carbocycles. The van der Waals surface area contributed by atoms with Crippen LogP contribution in [0.3, 0.4) is 0 Å². The van der Waals surface area contributed by atoms with Gasteiger partial charge in [-0.3, -0.25) is 0 Å². The van der Waals surface area contributed by atoms with Crippen molar-refractivity contribution in [1.82, 2.24) is 14.5 Å². The monoisotopic (exact) mass is 387 g/mol. The van der Waals surface area contributed by atoms with Crippen LogP contribution in [-0.4, -0.2) is 26.2 Å². The lowest BCUT2D eigenvalue weighted by Gasteiger charge is -2.30. The van der Waals surface area contributed by atoms with E-state index in [1.165, 1.54) is 0 Å². The molecule has 0 saturated heterocycles. The molecule has 0 unspecified atom stereocenters. The van der Waals surface area contributed by atoms with E-state index >= 15 is 0 Å². The maximum atomic E-state index is 10.9. The summed E-state index contributed by atoms with van der Waals surface area (Å²) in [4.78, 5) is 8.70. The fraction of sp³-hybridized carbons (Fsp3) is 0.217. The number of aromatic nitrogens is 3.